The molecule has 0 aromatic heterocycles. The Hall–Kier alpha value is -2.68. The van der Waals surface area contributed by atoms with Gasteiger partial charge in [0.2, 0.25) is 0 Å². The Bertz CT molecular complexity index is 639. The molecule has 0 aliphatic carbocycles. The molecule has 1 aromatic carbocycles. The first kappa shape index (κ1) is 13.3. The summed E-state index contributed by atoms with van der Waals surface area (Å²) in [6, 6.07) is 2.68. The lowest BCUT2D eigenvalue weighted by Crippen LogP contribution is -2.37. The molecule has 0 unspecified atom stereocenters. The number of morpholine rings is 1. The Labute approximate surface area is 119 Å². The number of fused-ring (bicyclic) bond motifs is 1. The Morgan fingerprint density at radius 3 is 2.67 bits per heavy atom. The van der Waals surface area contributed by atoms with Crippen molar-refractivity contribution >= 4 is 34.6 Å². The van der Waals surface area contributed by atoms with Crippen LogP contribution in [0.3, 0.4) is 0 Å². The summed E-state index contributed by atoms with van der Waals surface area (Å²) in [5.74, 6) is -1.81. The van der Waals surface area contributed by atoms with E-state index in [0.29, 0.717) is 32.0 Å². The van der Waals surface area contributed by atoms with E-state index in [0.717, 1.165) is 0 Å². The van der Waals surface area contributed by atoms with Gasteiger partial charge in [0.05, 0.1) is 29.5 Å². The monoisotopic (exact) mass is 291 g/mol. The molecule has 1 saturated heterocycles. The van der Waals surface area contributed by atoms with Crippen LogP contribution in [0.15, 0.2) is 12.1 Å². The Morgan fingerprint density at radius 2 is 2.00 bits per heavy atom. The third-order valence-electron chi connectivity index (χ3n) is 3.31. The lowest BCUT2D eigenvalue weighted by atomic mass is 10.1. The number of amides is 2. The smallest absolute Gasteiger partial charge is 0.335 e. The zero-order valence-corrected chi connectivity index (χ0v) is 10.9. The van der Waals surface area contributed by atoms with E-state index >= 15 is 0 Å². The number of hydrogen-bond donors (Lipinski definition) is 1. The molecule has 1 radical (unpaired) electrons. The van der Waals surface area contributed by atoms with Crippen molar-refractivity contribution in [2.24, 2.45) is 0 Å². The normalized spacial score (nSPS) is 17.8. The van der Waals surface area contributed by atoms with E-state index < -0.39 is 16.7 Å². The van der Waals surface area contributed by atoms with Crippen molar-refractivity contribution < 1.29 is 19.2 Å². The SMILES string of the molecule is O=C1[N]c2cc(N3CCOCC3)c([N+](=O)[O-])cc2NC1=O. The number of carbonyl (C=O) groups excluding carboxylic acids is 2. The van der Waals surface area contributed by atoms with Crippen LogP contribution in [0.5, 0.6) is 0 Å². The van der Waals surface area contributed by atoms with Gasteiger partial charge in [-0.15, -0.1) is 0 Å². The second kappa shape index (κ2) is 5.02. The minimum Gasteiger partial charge on any atom is -0.378 e. The van der Waals surface area contributed by atoms with Crippen LogP contribution in [0.4, 0.5) is 22.7 Å². The van der Waals surface area contributed by atoms with E-state index in [2.05, 4.69) is 10.6 Å². The number of nitro benzene ring substituents is 1. The van der Waals surface area contributed by atoms with Crippen LogP contribution in [0, 0.1) is 10.1 Å². The van der Waals surface area contributed by atoms with Crippen LogP contribution in [0.2, 0.25) is 0 Å². The van der Waals surface area contributed by atoms with Crippen molar-refractivity contribution in [1.29, 1.82) is 0 Å². The zero-order chi connectivity index (χ0) is 15.0. The van der Waals surface area contributed by atoms with Gasteiger partial charge in [-0.1, -0.05) is 0 Å². The first-order chi connectivity index (χ1) is 10.1. The van der Waals surface area contributed by atoms with Crippen LogP contribution in [-0.2, 0) is 14.3 Å². The lowest BCUT2D eigenvalue weighted by Gasteiger charge is -2.29. The predicted molar refractivity (Wildman–Crippen MR) is 71.6 cm³/mol. The first-order valence-electron chi connectivity index (χ1n) is 6.28. The van der Waals surface area contributed by atoms with Crippen LogP contribution in [0.1, 0.15) is 0 Å². The van der Waals surface area contributed by atoms with Gasteiger partial charge in [0.15, 0.2) is 0 Å². The average molecular weight is 291 g/mol. The summed E-state index contributed by atoms with van der Waals surface area (Å²) >= 11 is 0. The molecule has 21 heavy (non-hydrogen) atoms. The fraction of sp³-hybridized carbons (Fsp3) is 0.333. The molecule has 2 aliphatic rings. The van der Waals surface area contributed by atoms with E-state index in [9.17, 15) is 19.7 Å². The average Bonchev–Trinajstić information content (AvgIpc) is 2.48. The number of nitrogens with zero attached hydrogens (tertiary/aromatic N) is 3. The van der Waals surface area contributed by atoms with E-state index in [1.807, 2.05) is 0 Å². The van der Waals surface area contributed by atoms with E-state index in [-0.39, 0.29) is 17.1 Å². The number of benzene rings is 1. The topological polar surface area (TPSA) is 116 Å². The molecule has 9 nitrogen and oxygen atoms in total. The molecule has 1 aromatic rings. The summed E-state index contributed by atoms with van der Waals surface area (Å²) in [6.07, 6.45) is 0. The van der Waals surface area contributed by atoms with Crippen molar-refractivity contribution in [3.8, 4) is 0 Å². The van der Waals surface area contributed by atoms with Crippen molar-refractivity contribution in [1.82, 2.24) is 5.32 Å². The second-order valence-electron chi connectivity index (χ2n) is 4.59. The molecule has 0 bridgehead atoms. The third kappa shape index (κ3) is 2.38. The summed E-state index contributed by atoms with van der Waals surface area (Å²) in [7, 11) is 0. The van der Waals surface area contributed by atoms with Gasteiger partial charge in [-0.25, -0.2) is 5.32 Å². The van der Waals surface area contributed by atoms with Gasteiger partial charge in [-0.3, -0.25) is 19.7 Å². The van der Waals surface area contributed by atoms with Crippen LogP contribution >= 0.6 is 0 Å². The summed E-state index contributed by atoms with van der Waals surface area (Å²) in [6.45, 7) is 1.97. The summed E-state index contributed by atoms with van der Waals surface area (Å²) in [4.78, 5) is 35.1. The molecule has 2 aliphatic heterocycles. The predicted octanol–water partition coefficient (Wildman–Crippen LogP) is 0.146. The summed E-state index contributed by atoms with van der Waals surface area (Å²) in [5.41, 5.74) is 0.630. The molecule has 1 N–H and O–H groups in total. The second-order valence-corrected chi connectivity index (χ2v) is 4.59. The van der Waals surface area contributed by atoms with Gasteiger partial charge in [0.25, 0.3) is 5.69 Å². The third-order valence-corrected chi connectivity index (χ3v) is 3.31. The number of hydrogen-bond acceptors (Lipinski definition) is 6. The lowest BCUT2D eigenvalue weighted by molar-refractivity contribution is -0.384. The minimum atomic E-state index is -0.913. The number of rotatable bonds is 2. The Kier molecular flexibility index (Phi) is 3.18. The van der Waals surface area contributed by atoms with Crippen LogP contribution < -0.4 is 15.5 Å². The maximum absolute atomic E-state index is 11.3. The number of carbonyl (C=O) groups is 2. The Balaban J connectivity index is 2.06. The number of nitro groups is 1. The largest absolute Gasteiger partial charge is 0.378 e. The molecule has 1 fully saturated rings. The van der Waals surface area contributed by atoms with Crippen molar-refractivity contribution in [3.05, 3.63) is 22.2 Å². The van der Waals surface area contributed by atoms with Gasteiger partial charge < -0.3 is 15.0 Å². The van der Waals surface area contributed by atoms with Gasteiger partial charge in [-0.2, -0.15) is 0 Å². The fourth-order valence-corrected chi connectivity index (χ4v) is 2.30. The maximum atomic E-state index is 11.3. The molecule has 9 heteroatoms. The van der Waals surface area contributed by atoms with E-state index in [1.54, 1.807) is 4.90 Å². The van der Waals surface area contributed by atoms with Crippen LogP contribution in [0.25, 0.3) is 0 Å². The first-order valence-corrected chi connectivity index (χ1v) is 6.28. The van der Waals surface area contributed by atoms with E-state index in [4.69, 9.17) is 4.74 Å². The highest BCUT2D eigenvalue weighted by Crippen LogP contribution is 2.38. The highest BCUT2D eigenvalue weighted by Gasteiger charge is 2.30. The molecule has 0 spiro atoms. The quantitative estimate of drug-likeness (QED) is 0.471. The number of anilines is 2. The van der Waals surface area contributed by atoms with Crippen molar-refractivity contribution in [3.63, 3.8) is 0 Å². The molecule has 0 saturated carbocycles. The van der Waals surface area contributed by atoms with Gasteiger partial charge in [0, 0.05) is 19.2 Å². The molecule has 109 valence electrons. The molecular weight excluding hydrogens is 280 g/mol. The molecule has 3 rings (SSSR count). The number of ether oxygens (including phenoxy) is 1. The summed E-state index contributed by atoms with van der Waals surface area (Å²) in [5, 5.41) is 17.2. The molecule has 2 heterocycles. The summed E-state index contributed by atoms with van der Waals surface area (Å²) < 4.78 is 5.22. The van der Waals surface area contributed by atoms with Gasteiger partial charge in [-0.05, 0) is 6.07 Å². The molecule has 0 atom stereocenters. The van der Waals surface area contributed by atoms with Gasteiger partial charge in [0.1, 0.15) is 5.69 Å². The fourth-order valence-electron chi connectivity index (χ4n) is 2.30. The van der Waals surface area contributed by atoms with Gasteiger partial charge >= 0.3 is 11.8 Å². The number of nitrogens with one attached hydrogen (secondary N) is 1. The highest BCUT2D eigenvalue weighted by atomic mass is 16.6. The Morgan fingerprint density at radius 1 is 1.29 bits per heavy atom. The van der Waals surface area contributed by atoms with Crippen molar-refractivity contribution in [2.45, 2.75) is 0 Å². The van der Waals surface area contributed by atoms with E-state index in [1.165, 1.54) is 12.1 Å². The molecular formula is C12H11N4O5. The maximum Gasteiger partial charge on any atom is 0.335 e. The highest BCUT2D eigenvalue weighted by molar-refractivity contribution is 6.42. The molecule has 2 amide bonds. The standard InChI is InChI=1S/C12H11N4O5/c17-11-12(18)14-8-6-10(16(19)20)9(5-7(8)13-11)15-1-3-21-4-2-15/h5-6H,1-4H2,(H,14,18). The van der Waals surface area contributed by atoms with Crippen LogP contribution in [-0.4, -0.2) is 43.0 Å². The zero-order valence-electron chi connectivity index (χ0n) is 10.9. The minimum absolute atomic E-state index is 0.138. The van der Waals surface area contributed by atoms with Crippen molar-refractivity contribution in [2.75, 3.05) is 36.5 Å².